The average Bonchev–Trinajstić information content (AvgIpc) is 0.752. The van der Waals surface area contributed by atoms with Gasteiger partial charge in [-0.2, -0.15) is 0 Å². The Balaban J connectivity index is 0.849. The van der Waals surface area contributed by atoms with Crippen LogP contribution < -0.4 is 26.6 Å². The van der Waals surface area contributed by atoms with E-state index in [1.807, 2.05) is 0 Å². The van der Waals surface area contributed by atoms with E-state index >= 15 is 0 Å². The molecular weight excluding hydrogens is 1810 g/mol. The van der Waals surface area contributed by atoms with Crippen molar-refractivity contribution in [3.8, 4) is 0 Å². The van der Waals surface area contributed by atoms with E-state index in [9.17, 15) is 186 Å². The minimum Gasteiger partial charge on any atom is -0.479 e. The number of rotatable bonds is 33. The highest BCUT2D eigenvalue weighted by Crippen LogP contribution is 2.42. The van der Waals surface area contributed by atoms with Crippen LogP contribution in [0.1, 0.15) is 34.6 Å². The lowest BCUT2D eigenvalue weighted by molar-refractivity contribution is -0.382. The number of carboxylic acid groups (broad SMARTS) is 5. The van der Waals surface area contributed by atoms with Gasteiger partial charge in [-0.25, -0.2) is 24.0 Å². The Bertz CT molecular complexity index is 3890. The summed E-state index contributed by atoms with van der Waals surface area (Å²) in [7, 11) is 0. The van der Waals surface area contributed by atoms with Crippen LogP contribution in [-0.4, -0.2) is 537 Å². The van der Waals surface area contributed by atoms with Crippen molar-refractivity contribution in [2.75, 3.05) is 33.0 Å². The molecule has 0 aromatic carbocycles. The second-order valence-corrected chi connectivity index (χ2v) is 31.9. The summed E-state index contributed by atoms with van der Waals surface area (Å²) in [6.07, 6.45) is -107. The van der Waals surface area contributed by atoms with Gasteiger partial charge in [0, 0.05) is 34.6 Å². The van der Waals surface area contributed by atoms with E-state index in [4.69, 9.17) is 90.0 Å². The second kappa shape index (κ2) is 44.9. The molecule has 50 atom stereocenters. The van der Waals surface area contributed by atoms with Crippen molar-refractivity contribution < 1.29 is 276 Å². The first-order valence-electron chi connectivity index (χ1n) is 40.1. The zero-order valence-corrected chi connectivity index (χ0v) is 68.8. The van der Waals surface area contributed by atoms with Crippen LogP contribution in [0.25, 0.3) is 0 Å². The second-order valence-electron chi connectivity index (χ2n) is 31.9. The molecule has 10 aliphatic heterocycles. The summed E-state index contributed by atoms with van der Waals surface area (Å²) in [5.74, 6) is -15.6. The lowest BCUT2D eigenvalue weighted by Gasteiger charge is -2.51. The first-order chi connectivity index (χ1) is 61.5. The van der Waals surface area contributed by atoms with Gasteiger partial charge in [-0.3, -0.25) is 24.0 Å². The van der Waals surface area contributed by atoms with Crippen molar-refractivity contribution in [1.82, 2.24) is 26.6 Å². The van der Waals surface area contributed by atoms with E-state index in [-0.39, 0.29) is 0 Å². The molecule has 10 heterocycles. The standard InChI is InChI=1S/C70H107N5O56/c1-11(81)71-21-31(91)26(86)16(6-76)113-62(21)123-47-33(93)38(98)67(128-52(47)57(104)105)120-43-23(73-13(3)83)64(115-18(8-78)28(43)88)125-49-35(95)40(100)69(130-54(49)59(108)109)122-45-25(75-15(5)85)66(117-20(10-80)30(45)90)127-50-36(96)41(101)70(131-55(50)60(110)111)121-44-24(74-14(4)84)65(116-19(9-79)29(44)89)126-48-34(94)39(99)68(129-53(48)58(106)107)119-42-22(72-12(2)82)63(114-17(7-77)27(42)87)124-46-32(92)37(97)61(112)118-51(46)56(102)103/h16-55,61-70,76-80,86-101,112H,6-10H2,1-5H3,(H,71,81)(H,72,82)(H,73,83)(H,74,84)(H,75,85)(H,102,103)(H,104,105)(H,106,107)(H,108,109)(H,110,111)/t16-,17-,18-,19-,20-,21-,22-,23-,24-,25-,26+,27+,28+,29+,30+,31-,32-,33-,34-,35-,36-,37-,38-,39-,40-,41-,42-,43-,44-,45-,46+,47+,48+,49+,50+,51+,52+,53+,54+,55+,61-,62+,63+,64+,65+,66+,67-,68-,69-,70-/m1/s1. The predicted octanol–water partition coefficient (Wildman–Crippen LogP) is -21.6. The number of carboxylic acids is 5. The van der Waals surface area contributed by atoms with Crippen LogP contribution in [-0.2, 0) is 138 Å². The van der Waals surface area contributed by atoms with Crippen LogP contribution in [0, 0.1) is 0 Å². The van der Waals surface area contributed by atoms with E-state index in [1.165, 1.54) is 0 Å². The number of hydrogen-bond donors (Lipinski definition) is 32. The Kier molecular flexibility index (Phi) is 36.4. The van der Waals surface area contributed by atoms with Gasteiger partial charge in [0.2, 0.25) is 29.5 Å². The fourth-order valence-electron chi connectivity index (χ4n) is 16.3. The molecule has 10 rings (SSSR count). The summed E-state index contributed by atoms with van der Waals surface area (Å²) in [6, 6.07) is -10.3. The molecule has 10 aliphatic rings. The zero-order chi connectivity index (χ0) is 97.1. The Morgan fingerprint density at radius 2 is 0.382 bits per heavy atom. The molecule has 0 bridgehead atoms. The molecular formula is C70H107N5O56. The molecule has 131 heavy (non-hydrogen) atoms. The molecule has 5 amide bonds. The van der Waals surface area contributed by atoms with Crippen molar-refractivity contribution in [2.45, 2.75) is 341 Å². The van der Waals surface area contributed by atoms with Gasteiger partial charge in [0.1, 0.15) is 213 Å². The summed E-state index contributed by atoms with van der Waals surface area (Å²) in [6.45, 7) is -1.83. The molecule has 10 saturated heterocycles. The highest BCUT2D eigenvalue weighted by molar-refractivity contribution is 5.77. The molecule has 10 fully saturated rings. The molecule has 0 aromatic heterocycles. The first kappa shape index (κ1) is 106. The van der Waals surface area contributed by atoms with Gasteiger partial charge in [-0.05, 0) is 0 Å². The summed E-state index contributed by atoms with van der Waals surface area (Å²) < 4.78 is 108. The van der Waals surface area contributed by atoms with Gasteiger partial charge in [-0.1, -0.05) is 0 Å². The van der Waals surface area contributed by atoms with Gasteiger partial charge in [0.25, 0.3) is 0 Å². The van der Waals surface area contributed by atoms with Crippen LogP contribution in [0.15, 0.2) is 0 Å². The number of carbonyl (C=O) groups is 10. The molecule has 0 aromatic rings. The van der Waals surface area contributed by atoms with Crippen LogP contribution >= 0.6 is 0 Å². The highest BCUT2D eigenvalue weighted by atomic mass is 16.8. The van der Waals surface area contributed by atoms with Gasteiger partial charge in [0.15, 0.2) is 93.4 Å². The van der Waals surface area contributed by atoms with E-state index in [0.29, 0.717) is 0 Å². The smallest absolute Gasteiger partial charge is 0.335 e. The number of nitrogens with one attached hydrogen (secondary N) is 5. The third-order valence-electron chi connectivity index (χ3n) is 22.7. The minimum absolute atomic E-state index is 0.795. The van der Waals surface area contributed by atoms with Gasteiger partial charge in [0.05, 0.1) is 33.0 Å². The normalized spacial score (nSPS) is 46.9. The van der Waals surface area contributed by atoms with Crippen molar-refractivity contribution in [1.29, 1.82) is 0 Å². The third-order valence-corrected chi connectivity index (χ3v) is 22.7. The number of amides is 5. The maximum Gasteiger partial charge on any atom is 0.335 e. The molecule has 0 radical (unpaired) electrons. The van der Waals surface area contributed by atoms with Gasteiger partial charge < -0.3 is 254 Å². The molecule has 32 N–H and O–H groups in total. The predicted molar refractivity (Wildman–Crippen MR) is 390 cm³/mol. The maximum absolute atomic E-state index is 13.4. The highest BCUT2D eigenvalue weighted by Gasteiger charge is 2.64. The quantitative estimate of drug-likeness (QED) is 0.0290. The van der Waals surface area contributed by atoms with E-state index in [0.717, 1.165) is 34.6 Å². The van der Waals surface area contributed by atoms with Crippen molar-refractivity contribution in [3.05, 3.63) is 0 Å². The summed E-state index contributed by atoms with van der Waals surface area (Å²) in [4.78, 5) is 129. The average molecular weight is 1910 g/mol. The van der Waals surface area contributed by atoms with E-state index in [1.54, 1.807) is 0 Å². The van der Waals surface area contributed by atoms with E-state index in [2.05, 4.69) is 26.6 Å². The molecule has 0 aliphatic carbocycles. The first-order valence-corrected chi connectivity index (χ1v) is 40.1. The Morgan fingerprint density at radius 1 is 0.206 bits per heavy atom. The summed E-state index contributed by atoms with van der Waals surface area (Å²) >= 11 is 0. The van der Waals surface area contributed by atoms with Crippen molar-refractivity contribution in [2.24, 2.45) is 0 Å². The monoisotopic (exact) mass is 1910 g/mol. The molecule has 61 nitrogen and oxygen atoms in total. The Labute approximate surface area is 734 Å². The molecule has 0 unspecified atom stereocenters. The summed E-state index contributed by atoms with van der Waals surface area (Å²) in [5, 5.41) is 309. The van der Waals surface area contributed by atoms with Gasteiger partial charge >= 0.3 is 29.8 Å². The number of hydrogen-bond acceptors (Lipinski definition) is 51. The largest absolute Gasteiger partial charge is 0.479 e. The van der Waals surface area contributed by atoms with Gasteiger partial charge in [-0.15, -0.1) is 0 Å². The number of aliphatic hydroxyl groups is 22. The van der Waals surface area contributed by atoms with Crippen LogP contribution in [0.2, 0.25) is 0 Å². The van der Waals surface area contributed by atoms with Crippen molar-refractivity contribution >= 4 is 59.4 Å². The molecule has 61 heteroatoms. The van der Waals surface area contributed by atoms with Crippen LogP contribution in [0.5, 0.6) is 0 Å². The molecule has 0 spiro atoms. The fraction of sp³-hybridized carbons (Fsp3) is 0.857. The zero-order valence-electron chi connectivity index (χ0n) is 68.8. The lowest BCUT2D eigenvalue weighted by atomic mass is 9.93. The van der Waals surface area contributed by atoms with Crippen molar-refractivity contribution in [3.63, 3.8) is 0 Å². The number of aliphatic carboxylic acids is 5. The minimum atomic E-state index is -2.74. The number of carbonyl (C=O) groups excluding carboxylic acids is 5. The van der Waals surface area contributed by atoms with E-state index < -0.39 is 399 Å². The fourth-order valence-corrected chi connectivity index (χ4v) is 16.3. The number of aliphatic hydroxyl groups excluding tert-OH is 22. The molecule has 0 saturated carbocycles. The Morgan fingerprint density at radius 3 is 0.580 bits per heavy atom. The number of ether oxygens (including phenoxy) is 19. The van der Waals surface area contributed by atoms with Crippen LogP contribution in [0.3, 0.4) is 0 Å². The topological polar surface area (TPSA) is 952 Å². The third kappa shape index (κ3) is 23.2. The Hall–Kier alpha value is -6.94. The van der Waals surface area contributed by atoms with Crippen LogP contribution in [0.4, 0.5) is 0 Å². The SMILES string of the molecule is CC(=O)N[C@H]1[C@H](O[C@H]2[C@H](O)[C@@H](O)[C@H](O[C@H]3[C@@H](O)[C@@H](CO)O[C@@H](O[C@H]4[C@H](O)[C@@H](O)[C@H](O[C@H]5[C@@H](O)[C@@H](CO)O[C@@H](O[C@H]6[C@H](O)[C@@H](O)[C@H](O[C@H]7[C@@H](O)[C@@H](CO)O[C@@H](O[C@H]8[C@H](O)[C@@H](O)[C@H](O[C@H]9[C@@H](O)[C@@H](CO)O[C@@H](O[C@H]%10[C@H](O)[C@@H](O)[C@H](O)O[C@@H]%10C(=O)O)[C@@H]9NC(C)=O)O[C@@H]8C(=O)O)[C@@H]7NC(C)=O)O[C@@H]6C(=O)O)[C@@H]5NC(C)=O)O[C@@H]4C(=O)O)[C@@H]3NC(C)=O)O[C@@H]2C(=O)O)O[C@H](CO)[C@H](O)[C@@H]1O. The summed E-state index contributed by atoms with van der Waals surface area (Å²) in [5.41, 5.74) is 0. The maximum atomic E-state index is 13.4. The lowest BCUT2D eigenvalue weighted by Crippen LogP contribution is -2.72. The molecule has 748 valence electrons.